The highest BCUT2D eigenvalue weighted by molar-refractivity contribution is 7.11. The van der Waals surface area contributed by atoms with Crippen molar-refractivity contribution in [3.63, 3.8) is 0 Å². The van der Waals surface area contributed by atoms with E-state index >= 15 is 0 Å². The molecule has 1 N–H and O–H groups in total. The molecule has 1 atom stereocenters. The number of rotatable bonds is 9. The van der Waals surface area contributed by atoms with Crippen LogP contribution in [0.25, 0.3) is 0 Å². The Bertz CT molecular complexity index is 373. The molecule has 0 fully saturated rings. The number of aryl methyl sites for hydroxylation is 2. The van der Waals surface area contributed by atoms with E-state index in [1.165, 1.54) is 54.1 Å². The van der Waals surface area contributed by atoms with E-state index in [2.05, 4.69) is 40.1 Å². The first-order valence-electron chi connectivity index (χ1n) is 7.73. The van der Waals surface area contributed by atoms with Gasteiger partial charge in [0.1, 0.15) is 5.01 Å². The molecule has 1 rings (SSSR count). The average molecular weight is 282 g/mol. The summed E-state index contributed by atoms with van der Waals surface area (Å²) in [6, 6.07) is 0. The SMILES string of the molecule is CCCCCCCC(C)(NC)c1nc(CC)c(C)s1. The maximum absolute atomic E-state index is 4.84. The van der Waals surface area contributed by atoms with E-state index in [1.54, 1.807) is 0 Å². The van der Waals surface area contributed by atoms with Crippen molar-refractivity contribution in [3.05, 3.63) is 15.6 Å². The predicted octanol–water partition coefficient (Wildman–Crippen LogP) is 4.81. The van der Waals surface area contributed by atoms with Crippen LogP contribution in [0.4, 0.5) is 0 Å². The van der Waals surface area contributed by atoms with Crippen molar-refractivity contribution >= 4 is 11.3 Å². The standard InChI is InChI=1S/C16H30N2S/c1-6-8-9-10-11-12-16(4,17-5)15-18-14(7-2)13(3)19-15/h17H,6-12H2,1-5H3. The minimum absolute atomic E-state index is 0.0507. The molecule has 0 aliphatic rings. The Kier molecular flexibility index (Phi) is 7.01. The average Bonchev–Trinajstić information content (AvgIpc) is 2.80. The van der Waals surface area contributed by atoms with E-state index in [0.717, 1.165) is 6.42 Å². The molecule has 0 aromatic carbocycles. The van der Waals surface area contributed by atoms with Crippen LogP contribution in [0.15, 0.2) is 0 Å². The number of hydrogen-bond acceptors (Lipinski definition) is 3. The summed E-state index contributed by atoms with van der Waals surface area (Å²) in [5.41, 5.74) is 1.32. The van der Waals surface area contributed by atoms with Gasteiger partial charge in [0, 0.05) is 4.88 Å². The van der Waals surface area contributed by atoms with Gasteiger partial charge in [0.15, 0.2) is 0 Å². The van der Waals surface area contributed by atoms with Crippen molar-refractivity contribution < 1.29 is 0 Å². The summed E-state index contributed by atoms with van der Waals surface area (Å²) < 4.78 is 0. The van der Waals surface area contributed by atoms with Crippen molar-refractivity contribution in [2.24, 2.45) is 0 Å². The lowest BCUT2D eigenvalue weighted by molar-refractivity contribution is 0.349. The first-order chi connectivity index (χ1) is 9.07. The van der Waals surface area contributed by atoms with E-state index in [1.807, 2.05) is 11.3 Å². The van der Waals surface area contributed by atoms with Gasteiger partial charge in [-0.05, 0) is 33.7 Å². The molecule has 19 heavy (non-hydrogen) atoms. The van der Waals surface area contributed by atoms with Gasteiger partial charge in [-0.25, -0.2) is 4.98 Å². The van der Waals surface area contributed by atoms with Crippen molar-refractivity contribution in [2.45, 2.75) is 78.2 Å². The molecule has 0 saturated heterocycles. The highest BCUT2D eigenvalue weighted by Gasteiger charge is 2.28. The molecule has 3 heteroatoms. The van der Waals surface area contributed by atoms with Gasteiger partial charge in [-0.1, -0.05) is 46.0 Å². The molecule has 0 radical (unpaired) electrons. The Morgan fingerprint density at radius 1 is 1.16 bits per heavy atom. The Labute approximate surface area is 123 Å². The zero-order chi connectivity index (χ0) is 14.3. The molecule has 0 saturated carbocycles. The van der Waals surface area contributed by atoms with Gasteiger partial charge in [-0.2, -0.15) is 0 Å². The zero-order valence-corrected chi connectivity index (χ0v) is 14.1. The predicted molar refractivity (Wildman–Crippen MR) is 86.0 cm³/mol. The summed E-state index contributed by atoms with van der Waals surface area (Å²) in [5.74, 6) is 0. The van der Waals surface area contributed by atoms with Gasteiger partial charge in [0.2, 0.25) is 0 Å². The highest BCUT2D eigenvalue weighted by Crippen LogP contribution is 2.32. The second kappa shape index (κ2) is 8.01. The molecule has 1 heterocycles. The fraction of sp³-hybridized carbons (Fsp3) is 0.812. The fourth-order valence-electron chi connectivity index (χ4n) is 2.41. The molecular weight excluding hydrogens is 252 g/mol. The van der Waals surface area contributed by atoms with Crippen LogP contribution in [-0.4, -0.2) is 12.0 Å². The summed E-state index contributed by atoms with van der Waals surface area (Å²) in [5, 5.41) is 4.76. The number of hydrogen-bond donors (Lipinski definition) is 1. The molecule has 1 aromatic rings. The molecule has 0 aliphatic heterocycles. The molecule has 110 valence electrons. The summed E-state index contributed by atoms with van der Waals surface area (Å²) in [6.07, 6.45) is 8.91. The molecule has 0 aliphatic carbocycles. The lowest BCUT2D eigenvalue weighted by atomic mass is 9.94. The van der Waals surface area contributed by atoms with Gasteiger partial charge in [-0.15, -0.1) is 11.3 Å². The van der Waals surface area contributed by atoms with E-state index in [-0.39, 0.29) is 5.54 Å². The molecule has 0 spiro atoms. The summed E-state index contributed by atoms with van der Waals surface area (Å²) in [6.45, 7) is 8.94. The molecular formula is C16H30N2S. The van der Waals surface area contributed by atoms with Gasteiger partial charge in [0.25, 0.3) is 0 Å². The second-order valence-electron chi connectivity index (χ2n) is 5.62. The molecule has 0 amide bonds. The first kappa shape index (κ1) is 16.6. The molecule has 2 nitrogen and oxygen atoms in total. The smallest absolute Gasteiger partial charge is 0.113 e. The lowest BCUT2D eigenvalue weighted by Gasteiger charge is -2.27. The second-order valence-corrected chi connectivity index (χ2v) is 6.82. The maximum Gasteiger partial charge on any atom is 0.113 e. The van der Waals surface area contributed by atoms with E-state index in [4.69, 9.17) is 4.98 Å². The zero-order valence-electron chi connectivity index (χ0n) is 13.3. The topological polar surface area (TPSA) is 24.9 Å². The third kappa shape index (κ3) is 4.57. The number of nitrogens with zero attached hydrogens (tertiary/aromatic N) is 1. The molecule has 0 bridgehead atoms. The van der Waals surface area contributed by atoms with Crippen molar-refractivity contribution in [1.82, 2.24) is 10.3 Å². The number of thiazole rings is 1. The molecule has 1 aromatic heterocycles. The van der Waals surface area contributed by atoms with E-state index in [9.17, 15) is 0 Å². The van der Waals surface area contributed by atoms with Crippen LogP contribution in [-0.2, 0) is 12.0 Å². The largest absolute Gasteiger partial charge is 0.309 e. The van der Waals surface area contributed by atoms with Crippen LogP contribution in [0.5, 0.6) is 0 Å². The van der Waals surface area contributed by atoms with Gasteiger partial charge in [-0.3, -0.25) is 0 Å². The Hall–Kier alpha value is -0.410. The van der Waals surface area contributed by atoms with Gasteiger partial charge >= 0.3 is 0 Å². The minimum atomic E-state index is 0.0507. The quantitative estimate of drug-likeness (QED) is 0.657. The molecule has 1 unspecified atom stereocenters. The highest BCUT2D eigenvalue weighted by atomic mass is 32.1. The van der Waals surface area contributed by atoms with E-state index < -0.39 is 0 Å². The van der Waals surface area contributed by atoms with Crippen LogP contribution < -0.4 is 5.32 Å². The summed E-state index contributed by atoms with van der Waals surface area (Å²) in [7, 11) is 2.06. The Morgan fingerprint density at radius 2 is 1.84 bits per heavy atom. The maximum atomic E-state index is 4.84. The minimum Gasteiger partial charge on any atom is -0.309 e. The van der Waals surface area contributed by atoms with Crippen LogP contribution in [0.3, 0.4) is 0 Å². The van der Waals surface area contributed by atoms with Crippen molar-refractivity contribution in [1.29, 1.82) is 0 Å². The first-order valence-corrected chi connectivity index (χ1v) is 8.54. The van der Waals surface area contributed by atoms with Gasteiger partial charge in [0.05, 0.1) is 11.2 Å². The Morgan fingerprint density at radius 3 is 2.37 bits per heavy atom. The van der Waals surface area contributed by atoms with Gasteiger partial charge < -0.3 is 5.32 Å². The van der Waals surface area contributed by atoms with Crippen LogP contribution in [0.2, 0.25) is 0 Å². The van der Waals surface area contributed by atoms with Crippen LogP contribution >= 0.6 is 11.3 Å². The van der Waals surface area contributed by atoms with Crippen LogP contribution in [0.1, 0.15) is 74.9 Å². The Balaban J connectivity index is 2.62. The normalized spacial score (nSPS) is 14.6. The van der Waals surface area contributed by atoms with Crippen LogP contribution in [0, 0.1) is 6.92 Å². The number of nitrogens with one attached hydrogen (secondary N) is 1. The lowest BCUT2D eigenvalue weighted by Crippen LogP contribution is -2.36. The number of unbranched alkanes of at least 4 members (excludes halogenated alkanes) is 4. The van der Waals surface area contributed by atoms with Crippen molar-refractivity contribution in [3.8, 4) is 0 Å². The number of aromatic nitrogens is 1. The summed E-state index contributed by atoms with van der Waals surface area (Å²) >= 11 is 1.87. The van der Waals surface area contributed by atoms with Crippen molar-refractivity contribution in [2.75, 3.05) is 7.05 Å². The monoisotopic (exact) mass is 282 g/mol. The summed E-state index contributed by atoms with van der Waals surface area (Å²) in [4.78, 5) is 6.22. The third-order valence-electron chi connectivity index (χ3n) is 4.03. The fourth-order valence-corrected chi connectivity index (χ4v) is 3.60. The third-order valence-corrected chi connectivity index (χ3v) is 5.31. The van der Waals surface area contributed by atoms with E-state index in [0.29, 0.717) is 0 Å².